The summed E-state index contributed by atoms with van der Waals surface area (Å²) < 4.78 is 11.3. The standard InChI is InChI=1S/C12H19N3OS/c1-2-6-13-11-4-3-5-12(14-11)15-7-9-17(16)10-8-15/h3-5H,2,6-10H2,1H3,(H,13,14). The summed E-state index contributed by atoms with van der Waals surface area (Å²) in [4.78, 5) is 6.78. The van der Waals surface area contributed by atoms with Gasteiger partial charge in [0.05, 0.1) is 0 Å². The van der Waals surface area contributed by atoms with Gasteiger partial charge in [0.1, 0.15) is 11.6 Å². The lowest BCUT2D eigenvalue weighted by Crippen LogP contribution is -2.38. The van der Waals surface area contributed by atoms with Crippen molar-refractivity contribution in [2.24, 2.45) is 0 Å². The third kappa shape index (κ3) is 3.43. The number of nitrogens with one attached hydrogen (secondary N) is 1. The van der Waals surface area contributed by atoms with E-state index in [9.17, 15) is 4.21 Å². The summed E-state index contributed by atoms with van der Waals surface area (Å²) in [5.41, 5.74) is 0. The fourth-order valence-electron chi connectivity index (χ4n) is 1.82. The van der Waals surface area contributed by atoms with Gasteiger partial charge in [-0.25, -0.2) is 4.98 Å². The van der Waals surface area contributed by atoms with E-state index in [1.807, 2.05) is 18.2 Å². The maximum absolute atomic E-state index is 11.3. The highest BCUT2D eigenvalue weighted by molar-refractivity contribution is 7.85. The second-order valence-corrected chi connectivity index (χ2v) is 5.84. The first-order chi connectivity index (χ1) is 8.29. The first-order valence-electron chi connectivity index (χ1n) is 6.10. The molecular weight excluding hydrogens is 234 g/mol. The van der Waals surface area contributed by atoms with Crippen molar-refractivity contribution in [3.05, 3.63) is 18.2 Å². The van der Waals surface area contributed by atoms with Gasteiger partial charge in [-0.05, 0) is 18.6 Å². The van der Waals surface area contributed by atoms with E-state index in [0.717, 1.165) is 49.2 Å². The minimum Gasteiger partial charge on any atom is -0.370 e. The molecule has 0 bridgehead atoms. The van der Waals surface area contributed by atoms with Gasteiger partial charge in [0, 0.05) is 41.9 Å². The van der Waals surface area contributed by atoms with Crippen molar-refractivity contribution in [3.8, 4) is 0 Å². The minimum absolute atomic E-state index is 0.630. The number of hydrogen-bond acceptors (Lipinski definition) is 4. The Morgan fingerprint density at radius 2 is 2.18 bits per heavy atom. The molecule has 1 saturated heterocycles. The fourth-order valence-corrected chi connectivity index (χ4v) is 2.87. The molecule has 1 N–H and O–H groups in total. The molecule has 0 spiro atoms. The van der Waals surface area contributed by atoms with Crippen LogP contribution in [0.5, 0.6) is 0 Å². The van der Waals surface area contributed by atoms with E-state index in [2.05, 4.69) is 22.1 Å². The van der Waals surface area contributed by atoms with Gasteiger partial charge < -0.3 is 10.2 Å². The Kier molecular flexibility index (Phi) is 4.36. The maximum atomic E-state index is 11.3. The van der Waals surface area contributed by atoms with Crippen molar-refractivity contribution in [2.45, 2.75) is 13.3 Å². The van der Waals surface area contributed by atoms with Crippen LogP contribution in [0.1, 0.15) is 13.3 Å². The summed E-state index contributed by atoms with van der Waals surface area (Å²) in [5, 5.41) is 3.28. The van der Waals surface area contributed by atoms with Gasteiger partial charge >= 0.3 is 0 Å². The molecule has 0 aromatic carbocycles. The van der Waals surface area contributed by atoms with Crippen LogP contribution in [0.2, 0.25) is 0 Å². The van der Waals surface area contributed by atoms with E-state index in [0.29, 0.717) is 0 Å². The zero-order valence-corrected chi connectivity index (χ0v) is 11.0. The van der Waals surface area contributed by atoms with Crippen LogP contribution in [-0.2, 0) is 10.8 Å². The number of nitrogens with zero attached hydrogens (tertiary/aromatic N) is 2. The molecule has 0 aliphatic carbocycles. The monoisotopic (exact) mass is 253 g/mol. The van der Waals surface area contributed by atoms with Crippen molar-refractivity contribution >= 4 is 22.4 Å². The number of hydrogen-bond donors (Lipinski definition) is 1. The summed E-state index contributed by atoms with van der Waals surface area (Å²) >= 11 is 0. The van der Waals surface area contributed by atoms with E-state index in [1.54, 1.807) is 0 Å². The van der Waals surface area contributed by atoms with Crippen LogP contribution in [0, 0.1) is 0 Å². The topological polar surface area (TPSA) is 45.2 Å². The van der Waals surface area contributed by atoms with E-state index in [-0.39, 0.29) is 0 Å². The van der Waals surface area contributed by atoms with Gasteiger partial charge in [0.25, 0.3) is 0 Å². The quantitative estimate of drug-likeness (QED) is 0.882. The van der Waals surface area contributed by atoms with Crippen molar-refractivity contribution in [2.75, 3.05) is 41.4 Å². The van der Waals surface area contributed by atoms with Gasteiger partial charge in [-0.1, -0.05) is 13.0 Å². The van der Waals surface area contributed by atoms with E-state index < -0.39 is 10.8 Å². The molecule has 0 amide bonds. The average Bonchev–Trinajstić information content (AvgIpc) is 2.37. The molecule has 2 rings (SSSR count). The lowest BCUT2D eigenvalue weighted by atomic mass is 10.4. The van der Waals surface area contributed by atoms with Crippen molar-refractivity contribution in [1.82, 2.24) is 4.98 Å². The van der Waals surface area contributed by atoms with Gasteiger partial charge in [-0.2, -0.15) is 0 Å². The molecule has 1 aliphatic rings. The fraction of sp³-hybridized carbons (Fsp3) is 0.583. The summed E-state index contributed by atoms with van der Waals surface area (Å²) in [5.74, 6) is 3.43. The predicted molar refractivity (Wildman–Crippen MR) is 73.1 cm³/mol. The van der Waals surface area contributed by atoms with Crippen molar-refractivity contribution < 1.29 is 4.21 Å². The van der Waals surface area contributed by atoms with E-state index in [4.69, 9.17) is 0 Å². The highest BCUT2D eigenvalue weighted by atomic mass is 32.2. The maximum Gasteiger partial charge on any atom is 0.131 e. The number of anilines is 2. The van der Waals surface area contributed by atoms with Crippen LogP contribution in [0.15, 0.2) is 18.2 Å². The Hall–Kier alpha value is -1.10. The minimum atomic E-state index is -0.630. The lowest BCUT2D eigenvalue weighted by molar-refractivity contribution is 0.672. The molecule has 4 nitrogen and oxygen atoms in total. The summed E-state index contributed by atoms with van der Waals surface area (Å²) in [6.07, 6.45) is 1.09. The highest BCUT2D eigenvalue weighted by Crippen LogP contribution is 2.16. The van der Waals surface area contributed by atoms with Crippen LogP contribution in [0.3, 0.4) is 0 Å². The first kappa shape index (κ1) is 12.4. The molecule has 94 valence electrons. The van der Waals surface area contributed by atoms with Gasteiger partial charge in [-0.3, -0.25) is 4.21 Å². The van der Waals surface area contributed by atoms with Gasteiger partial charge in [-0.15, -0.1) is 0 Å². The average molecular weight is 253 g/mol. The Morgan fingerprint density at radius 1 is 1.41 bits per heavy atom. The van der Waals surface area contributed by atoms with Crippen molar-refractivity contribution in [1.29, 1.82) is 0 Å². The second-order valence-electron chi connectivity index (χ2n) is 4.14. The molecule has 0 unspecified atom stereocenters. The van der Waals surface area contributed by atoms with Crippen LogP contribution >= 0.6 is 0 Å². The zero-order chi connectivity index (χ0) is 12.1. The van der Waals surface area contributed by atoms with Gasteiger partial charge in [0.15, 0.2) is 0 Å². The van der Waals surface area contributed by atoms with E-state index in [1.165, 1.54) is 0 Å². The smallest absolute Gasteiger partial charge is 0.131 e. The zero-order valence-electron chi connectivity index (χ0n) is 10.2. The summed E-state index contributed by atoms with van der Waals surface area (Å²) in [6.45, 7) is 4.77. The highest BCUT2D eigenvalue weighted by Gasteiger charge is 2.16. The Morgan fingerprint density at radius 3 is 2.88 bits per heavy atom. The van der Waals surface area contributed by atoms with E-state index >= 15 is 0 Å². The Balaban J connectivity index is 2.02. The summed E-state index contributed by atoms with van der Waals surface area (Å²) in [7, 11) is -0.630. The second kappa shape index (κ2) is 6.00. The third-order valence-electron chi connectivity index (χ3n) is 2.79. The Labute approximate surface area is 105 Å². The molecule has 1 aromatic heterocycles. The molecule has 1 fully saturated rings. The molecule has 1 aromatic rings. The molecule has 2 heterocycles. The van der Waals surface area contributed by atoms with Crippen molar-refractivity contribution in [3.63, 3.8) is 0 Å². The molecule has 0 radical (unpaired) electrons. The van der Waals surface area contributed by atoms with Gasteiger partial charge in [0.2, 0.25) is 0 Å². The number of rotatable bonds is 4. The number of aromatic nitrogens is 1. The largest absolute Gasteiger partial charge is 0.370 e. The molecular formula is C12H19N3OS. The predicted octanol–water partition coefficient (Wildman–Crippen LogP) is 1.47. The first-order valence-corrected chi connectivity index (χ1v) is 7.59. The molecule has 5 heteroatoms. The lowest BCUT2D eigenvalue weighted by Gasteiger charge is -2.27. The van der Waals surface area contributed by atoms with Crippen LogP contribution < -0.4 is 10.2 Å². The SMILES string of the molecule is CCCNc1cccc(N2CCS(=O)CC2)n1. The molecule has 0 saturated carbocycles. The van der Waals surface area contributed by atoms with Crippen LogP contribution in [0.4, 0.5) is 11.6 Å². The molecule has 1 aliphatic heterocycles. The molecule has 0 atom stereocenters. The third-order valence-corrected chi connectivity index (χ3v) is 4.07. The van der Waals surface area contributed by atoms with Crippen LogP contribution in [-0.4, -0.2) is 40.3 Å². The Bertz CT molecular complexity index is 387. The molecule has 17 heavy (non-hydrogen) atoms. The summed E-state index contributed by atoms with van der Waals surface area (Å²) in [6, 6.07) is 6.03. The number of pyridine rings is 1. The normalized spacial score (nSPS) is 17.1. The van der Waals surface area contributed by atoms with Crippen LogP contribution in [0.25, 0.3) is 0 Å².